The molecule has 0 spiro atoms. The van der Waals surface area contributed by atoms with Gasteiger partial charge in [0.05, 0.1) is 17.8 Å². The highest BCUT2D eigenvalue weighted by molar-refractivity contribution is 8.07. The molecule has 1 aliphatic heterocycles. The maximum Gasteiger partial charge on any atom is 0.0671 e. The first-order chi connectivity index (χ1) is 16.3. The van der Waals surface area contributed by atoms with Gasteiger partial charge in [-0.2, -0.15) is 0 Å². The molecule has 2 aromatic rings. The normalized spacial score (nSPS) is 23.6. The Morgan fingerprint density at radius 3 is 2.31 bits per heavy atom. The van der Waals surface area contributed by atoms with E-state index in [9.17, 15) is 5.11 Å². The van der Waals surface area contributed by atoms with E-state index in [0.29, 0.717) is 6.61 Å². The molecule has 0 aromatic heterocycles. The number of nitrogens with one attached hydrogen (secondary N) is 1. The monoisotopic (exact) mass is 493 g/mol. The summed E-state index contributed by atoms with van der Waals surface area (Å²) in [5.41, 5.74) is 4.96. The van der Waals surface area contributed by atoms with E-state index in [1.807, 2.05) is 0 Å². The van der Waals surface area contributed by atoms with E-state index in [-0.39, 0.29) is 17.4 Å². The van der Waals surface area contributed by atoms with Gasteiger partial charge in [-0.15, -0.1) is 0 Å². The van der Waals surface area contributed by atoms with E-state index in [1.165, 1.54) is 27.5 Å². The Morgan fingerprint density at radius 1 is 1.14 bits per heavy atom. The highest BCUT2D eigenvalue weighted by Crippen LogP contribution is 2.52. The Labute approximate surface area is 216 Å². The van der Waals surface area contributed by atoms with Crippen molar-refractivity contribution < 1.29 is 9.84 Å². The lowest BCUT2D eigenvalue weighted by Crippen LogP contribution is -2.62. The summed E-state index contributed by atoms with van der Waals surface area (Å²) in [5.74, 6) is 0. The zero-order valence-electron chi connectivity index (χ0n) is 22.9. The molecule has 2 aromatic carbocycles. The number of thioether (sulfide) groups is 1. The molecule has 4 heteroatoms. The minimum atomic E-state index is -0.579. The number of aliphatic hydroxyl groups is 1. The third kappa shape index (κ3) is 4.85. The zero-order chi connectivity index (χ0) is 26.2. The van der Waals surface area contributed by atoms with Gasteiger partial charge in [-0.05, 0) is 65.6 Å². The number of fused-ring (bicyclic) bond motifs is 3. The van der Waals surface area contributed by atoms with Crippen LogP contribution in [0.5, 0.6) is 0 Å². The highest BCUT2D eigenvalue weighted by atomic mass is 32.2. The molecule has 1 heterocycles. The van der Waals surface area contributed by atoms with Crippen molar-refractivity contribution >= 4 is 28.2 Å². The second kappa shape index (κ2) is 10.2. The molecule has 3 nitrogen and oxygen atoms in total. The number of ether oxygens (including phenoxy) is 1. The molecule has 2 atom stereocenters. The summed E-state index contributed by atoms with van der Waals surface area (Å²) in [5, 5.41) is 17.2. The molecule has 2 N–H and O–H groups in total. The van der Waals surface area contributed by atoms with Gasteiger partial charge in [-0.25, -0.2) is 0 Å². The molecule has 0 fully saturated rings. The average Bonchev–Trinajstić information content (AvgIpc) is 2.82. The van der Waals surface area contributed by atoms with Gasteiger partial charge in [-0.1, -0.05) is 83.8 Å². The molecule has 0 saturated heterocycles. The van der Waals surface area contributed by atoms with Gasteiger partial charge in [-0.3, -0.25) is 0 Å². The number of rotatable bonds is 8. The zero-order valence-corrected chi connectivity index (χ0v) is 23.7. The van der Waals surface area contributed by atoms with Crippen molar-refractivity contribution in [3.63, 3.8) is 0 Å². The summed E-state index contributed by atoms with van der Waals surface area (Å²) >= 11 is 1.67. The fourth-order valence-corrected chi connectivity index (χ4v) is 6.17. The van der Waals surface area contributed by atoms with Crippen LogP contribution in [0.4, 0.5) is 0 Å². The van der Waals surface area contributed by atoms with E-state index in [4.69, 9.17) is 4.74 Å². The molecule has 35 heavy (non-hydrogen) atoms. The van der Waals surface area contributed by atoms with E-state index in [1.54, 1.807) is 18.9 Å². The standard InChI is InChI=1S/C31H43NO2S/c1-11-20(2)21(3)35-22(4)28-25-18-26(29(5,6)7)23-14-12-13-15-24(23)27(25)30(8,16-17-34-10)31(9,19-33)32-28/h12-15,18,32-33H,2-3,11,16-17,19H2,1,4-10H3/b28-22+. The van der Waals surface area contributed by atoms with Crippen LogP contribution in [0.3, 0.4) is 0 Å². The van der Waals surface area contributed by atoms with Crippen molar-refractivity contribution in [1.29, 1.82) is 0 Å². The highest BCUT2D eigenvalue weighted by Gasteiger charge is 2.51. The predicted octanol–water partition coefficient (Wildman–Crippen LogP) is 7.69. The molecule has 0 amide bonds. The molecule has 0 aliphatic carbocycles. The molecular formula is C31H43NO2S. The van der Waals surface area contributed by atoms with Crippen LogP contribution < -0.4 is 5.32 Å². The Kier molecular flexibility index (Phi) is 8.00. The lowest BCUT2D eigenvalue weighted by atomic mass is 9.60. The van der Waals surface area contributed by atoms with E-state index in [0.717, 1.165) is 33.9 Å². The van der Waals surface area contributed by atoms with Crippen LogP contribution in [-0.2, 0) is 15.6 Å². The number of methoxy groups -OCH3 is 1. The van der Waals surface area contributed by atoms with Crippen molar-refractivity contribution in [3.8, 4) is 0 Å². The fraction of sp³-hybridized carbons (Fsp3) is 0.484. The molecule has 0 saturated carbocycles. The van der Waals surface area contributed by atoms with Crippen LogP contribution in [0.25, 0.3) is 16.5 Å². The van der Waals surface area contributed by atoms with Gasteiger partial charge in [0.1, 0.15) is 0 Å². The van der Waals surface area contributed by atoms with Crippen LogP contribution in [-0.4, -0.2) is 31.0 Å². The van der Waals surface area contributed by atoms with Crippen molar-refractivity contribution in [2.24, 2.45) is 0 Å². The minimum absolute atomic E-state index is 0.00602. The molecular weight excluding hydrogens is 450 g/mol. The predicted molar refractivity (Wildman–Crippen MR) is 154 cm³/mol. The van der Waals surface area contributed by atoms with Gasteiger partial charge in [0.25, 0.3) is 0 Å². The molecule has 3 rings (SSSR count). The summed E-state index contributed by atoms with van der Waals surface area (Å²) in [7, 11) is 1.75. The summed E-state index contributed by atoms with van der Waals surface area (Å²) in [6.07, 6.45) is 1.67. The summed E-state index contributed by atoms with van der Waals surface area (Å²) in [6, 6.07) is 11.1. The van der Waals surface area contributed by atoms with Gasteiger partial charge >= 0.3 is 0 Å². The van der Waals surface area contributed by atoms with Crippen LogP contribution in [0.2, 0.25) is 0 Å². The van der Waals surface area contributed by atoms with Crippen LogP contribution in [0.15, 0.2) is 58.9 Å². The van der Waals surface area contributed by atoms with Gasteiger partial charge in [0.2, 0.25) is 0 Å². The third-order valence-electron chi connectivity index (χ3n) is 7.86. The van der Waals surface area contributed by atoms with Crippen molar-refractivity contribution in [2.75, 3.05) is 20.3 Å². The summed E-state index contributed by atoms with van der Waals surface area (Å²) in [6.45, 7) is 24.6. The number of allylic oxidation sites excluding steroid dienone is 2. The first-order valence-corrected chi connectivity index (χ1v) is 13.4. The molecule has 190 valence electrons. The summed E-state index contributed by atoms with van der Waals surface area (Å²) < 4.78 is 5.57. The minimum Gasteiger partial charge on any atom is -0.394 e. The van der Waals surface area contributed by atoms with Crippen molar-refractivity contribution in [3.05, 3.63) is 75.6 Å². The van der Waals surface area contributed by atoms with Gasteiger partial charge < -0.3 is 15.2 Å². The number of hydrogen-bond acceptors (Lipinski definition) is 4. The average molecular weight is 494 g/mol. The quantitative estimate of drug-likeness (QED) is 0.370. The molecule has 0 radical (unpaired) electrons. The smallest absolute Gasteiger partial charge is 0.0671 e. The lowest BCUT2D eigenvalue weighted by Gasteiger charge is -2.53. The Balaban J connectivity index is 2.46. The Bertz CT molecular complexity index is 1170. The second-order valence-electron chi connectivity index (χ2n) is 11.2. The number of benzene rings is 2. The fourth-order valence-electron chi connectivity index (χ4n) is 5.25. The first-order valence-electron chi connectivity index (χ1n) is 12.6. The van der Waals surface area contributed by atoms with Crippen LogP contribution in [0.1, 0.15) is 78.0 Å². The van der Waals surface area contributed by atoms with Gasteiger partial charge in [0.15, 0.2) is 0 Å². The van der Waals surface area contributed by atoms with Gasteiger partial charge in [0, 0.05) is 34.5 Å². The first kappa shape index (κ1) is 27.6. The maximum atomic E-state index is 10.8. The number of aliphatic hydroxyl groups excluding tert-OH is 1. The van der Waals surface area contributed by atoms with Crippen LogP contribution in [0, 0.1) is 0 Å². The second-order valence-corrected chi connectivity index (χ2v) is 12.6. The third-order valence-corrected chi connectivity index (χ3v) is 8.91. The topological polar surface area (TPSA) is 41.5 Å². The van der Waals surface area contributed by atoms with Crippen molar-refractivity contribution in [1.82, 2.24) is 5.32 Å². The van der Waals surface area contributed by atoms with E-state index in [2.05, 4.69) is 97.3 Å². The maximum absolute atomic E-state index is 10.8. The molecule has 0 bridgehead atoms. The Morgan fingerprint density at radius 2 is 1.77 bits per heavy atom. The lowest BCUT2D eigenvalue weighted by molar-refractivity contribution is 0.0803. The van der Waals surface area contributed by atoms with E-state index >= 15 is 0 Å². The SMILES string of the molecule is C=C(CC)C(=C)S/C(C)=C1/NC(C)(CO)C(C)(CCOC)c2c1cc(C(C)(C)C)c1ccccc21. The van der Waals surface area contributed by atoms with Crippen LogP contribution >= 0.6 is 11.8 Å². The summed E-state index contributed by atoms with van der Waals surface area (Å²) in [4.78, 5) is 2.12. The van der Waals surface area contributed by atoms with E-state index < -0.39 is 5.54 Å². The van der Waals surface area contributed by atoms with Crippen molar-refractivity contribution in [2.45, 2.75) is 77.7 Å². The molecule has 1 aliphatic rings. The Hall–Kier alpha value is -2.01. The molecule has 2 unspecified atom stereocenters. The largest absolute Gasteiger partial charge is 0.394 e. The number of hydrogen-bond donors (Lipinski definition) is 2.